The van der Waals surface area contributed by atoms with E-state index in [1.165, 1.54) is 5.56 Å². The summed E-state index contributed by atoms with van der Waals surface area (Å²) in [5, 5.41) is 3.41. The maximum absolute atomic E-state index is 5.85. The molecule has 0 heterocycles. The van der Waals surface area contributed by atoms with E-state index >= 15 is 0 Å². The molecule has 0 unspecified atom stereocenters. The molecule has 0 bridgehead atoms. The summed E-state index contributed by atoms with van der Waals surface area (Å²) < 4.78 is 1.12. The van der Waals surface area contributed by atoms with Crippen LogP contribution >= 0.6 is 27.5 Å². The number of halogens is 2. The normalized spacial score (nSPS) is 11.7. The molecule has 0 aromatic heterocycles. The van der Waals surface area contributed by atoms with Gasteiger partial charge in [-0.05, 0) is 23.1 Å². The van der Waals surface area contributed by atoms with E-state index in [0.29, 0.717) is 5.88 Å². The highest BCUT2D eigenvalue weighted by molar-refractivity contribution is 9.10. The Labute approximate surface area is 105 Å². The van der Waals surface area contributed by atoms with Gasteiger partial charge in [0.1, 0.15) is 0 Å². The van der Waals surface area contributed by atoms with Gasteiger partial charge in [0.25, 0.3) is 0 Å². The second kappa shape index (κ2) is 5.88. The first kappa shape index (κ1) is 13.0. The van der Waals surface area contributed by atoms with Gasteiger partial charge in [0, 0.05) is 23.4 Å². The summed E-state index contributed by atoms with van der Waals surface area (Å²) in [6.07, 6.45) is 0. The van der Waals surface area contributed by atoms with E-state index < -0.39 is 0 Å². The van der Waals surface area contributed by atoms with E-state index in [9.17, 15) is 0 Å². The summed E-state index contributed by atoms with van der Waals surface area (Å²) in [6, 6.07) is 8.35. The van der Waals surface area contributed by atoms with Gasteiger partial charge >= 0.3 is 0 Å². The summed E-state index contributed by atoms with van der Waals surface area (Å²) in [4.78, 5) is 0. The van der Waals surface area contributed by atoms with E-state index in [-0.39, 0.29) is 5.41 Å². The van der Waals surface area contributed by atoms with Crippen LogP contribution in [-0.2, 0) is 6.54 Å². The van der Waals surface area contributed by atoms with Crippen molar-refractivity contribution in [2.75, 3.05) is 12.4 Å². The Morgan fingerprint density at radius 1 is 1.27 bits per heavy atom. The molecular formula is C12H17BrClN. The van der Waals surface area contributed by atoms with Gasteiger partial charge in [0.05, 0.1) is 0 Å². The van der Waals surface area contributed by atoms with Crippen molar-refractivity contribution in [2.45, 2.75) is 20.4 Å². The summed E-state index contributed by atoms with van der Waals surface area (Å²) in [6.45, 7) is 6.16. The number of nitrogens with one attached hydrogen (secondary N) is 1. The summed E-state index contributed by atoms with van der Waals surface area (Å²) in [7, 11) is 0. The molecule has 0 saturated carbocycles. The zero-order valence-corrected chi connectivity index (χ0v) is 11.5. The second-order valence-corrected chi connectivity index (χ2v) is 5.71. The van der Waals surface area contributed by atoms with E-state index in [2.05, 4.69) is 59.4 Å². The lowest BCUT2D eigenvalue weighted by atomic mass is 9.96. The lowest BCUT2D eigenvalue weighted by Gasteiger charge is -2.21. The first-order valence-electron chi connectivity index (χ1n) is 5.05. The first-order valence-corrected chi connectivity index (χ1v) is 6.37. The van der Waals surface area contributed by atoms with Crippen LogP contribution in [0, 0.1) is 5.41 Å². The minimum atomic E-state index is 0.164. The summed E-state index contributed by atoms with van der Waals surface area (Å²) >= 11 is 9.27. The molecule has 0 aliphatic rings. The minimum Gasteiger partial charge on any atom is -0.312 e. The van der Waals surface area contributed by atoms with Gasteiger partial charge in [-0.25, -0.2) is 0 Å². The van der Waals surface area contributed by atoms with E-state index in [0.717, 1.165) is 17.6 Å². The van der Waals surface area contributed by atoms with Gasteiger partial charge < -0.3 is 5.32 Å². The minimum absolute atomic E-state index is 0.164. The van der Waals surface area contributed by atoms with Crippen LogP contribution in [0.4, 0.5) is 0 Å². The fourth-order valence-corrected chi connectivity index (χ4v) is 1.55. The van der Waals surface area contributed by atoms with Crippen molar-refractivity contribution in [1.82, 2.24) is 5.32 Å². The Morgan fingerprint density at radius 3 is 2.40 bits per heavy atom. The molecule has 1 aromatic rings. The van der Waals surface area contributed by atoms with Crippen LogP contribution < -0.4 is 5.32 Å². The highest BCUT2D eigenvalue weighted by atomic mass is 79.9. The van der Waals surface area contributed by atoms with Crippen molar-refractivity contribution < 1.29 is 0 Å². The Balaban J connectivity index is 2.35. The molecule has 1 aromatic carbocycles. The molecular weight excluding hydrogens is 273 g/mol. The van der Waals surface area contributed by atoms with Gasteiger partial charge in [-0.15, -0.1) is 11.6 Å². The Hall–Kier alpha value is -0.0500. The molecule has 84 valence electrons. The van der Waals surface area contributed by atoms with Crippen LogP contribution in [0.3, 0.4) is 0 Å². The van der Waals surface area contributed by atoms with E-state index in [1.54, 1.807) is 0 Å². The van der Waals surface area contributed by atoms with Crippen LogP contribution in [0.2, 0.25) is 0 Å². The Kier molecular flexibility index (Phi) is 5.10. The molecule has 1 nitrogen and oxygen atoms in total. The third-order valence-electron chi connectivity index (χ3n) is 2.21. The van der Waals surface area contributed by atoms with E-state index in [4.69, 9.17) is 11.6 Å². The molecule has 0 aliphatic heterocycles. The lowest BCUT2D eigenvalue weighted by Crippen LogP contribution is -2.30. The molecule has 1 rings (SSSR count). The number of alkyl halides is 1. The van der Waals surface area contributed by atoms with Gasteiger partial charge in [-0.1, -0.05) is 41.9 Å². The maximum atomic E-state index is 5.85. The molecule has 1 N–H and O–H groups in total. The SMILES string of the molecule is CC(C)(CCl)CNCc1ccc(Br)cc1. The molecule has 3 heteroatoms. The number of hydrogen-bond acceptors (Lipinski definition) is 1. The molecule has 0 saturated heterocycles. The van der Waals surface area contributed by atoms with Crippen LogP contribution in [0.25, 0.3) is 0 Å². The van der Waals surface area contributed by atoms with Crippen molar-refractivity contribution in [3.63, 3.8) is 0 Å². The van der Waals surface area contributed by atoms with Crippen molar-refractivity contribution in [3.8, 4) is 0 Å². The summed E-state index contributed by atoms with van der Waals surface area (Å²) in [5.74, 6) is 0.681. The molecule has 0 atom stereocenters. The monoisotopic (exact) mass is 289 g/mol. The number of benzene rings is 1. The fraction of sp³-hybridized carbons (Fsp3) is 0.500. The van der Waals surface area contributed by atoms with Gasteiger partial charge in [0.2, 0.25) is 0 Å². The van der Waals surface area contributed by atoms with E-state index in [1.807, 2.05) is 0 Å². The largest absolute Gasteiger partial charge is 0.312 e. The molecule has 0 spiro atoms. The van der Waals surface area contributed by atoms with Crippen molar-refractivity contribution in [2.24, 2.45) is 5.41 Å². The second-order valence-electron chi connectivity index (χ2n) is 4.53. The quantitative estimate of drug-likeness (QED) is 0.813. The first-order chi connectivity index (χ1) is 7.03. The van der Waals surface area contributed by atoms with Gasteiger partial charge in [0.15, 0.2) is 0 Å². The smallest absolute Gasteiger partial charge is 0.0286 e. The average Bonchev–Trinajstić information content (AvgIpc) is 2.21. The lowest BCUT2D eigenvalue weighted by molar-refractivity contribution is 0.385. The predicted octanol–water partition coefficient (Wildman–Crippen LogP) is 3.80. The van der Waals surface area contributed by atoms with Crippen LogP contribution in [0.5, 0.6) is 0 Å². The fourth-order valence-electron chi connectivity index (χ4n) is 1.19. The standard InChI is InChI=1S/C12H17BrClN/c1-12(2,8-14)9-15-7-10-3-5-11(13)6-4-10/h3-6,15H,7-9H2,1-2H3. The van der Waals surface area contributed by atoms with Crippen LogP contribution in [0.1, 0.15) is 19.4 Å². The van der Waals surface area contributed by atoms with Crippen molar-refractivity contribution in [1.29, 1.82) is 0 Å². The predicted molar refractivity (Wildman–Crippen MR) is 70.3 cm³/mol. The number of hydrogen-bond donors (Lipinski definition) is 1. The van der Waals surface area contributed by atoms with Crippen molar-refractivity contribution in [3.05, 3.63) is 34.3 Å². The molecule has 0 radical (unpaired) electrons. The van der Waals surface area contributed by atoms with Crippen LogP contribution in [0.15, 0.2) is 28.7 Å². The highest BCUT2D eigenvalue weighted by Crippen LogP contribution is 2.15. The maximum Gasteiger partial charge on any atom is 0.0286 e. The summed E-state index contributed by atoms with van der Waals surface area (Å²) in [5.41, 5.74) is 1.46. The average molecular weight is 291 g/mol. The number of rotatable bonds is 5. The molecule has 0 fully saturated rings. The van der Waals surface area contributed by atoms with Gasteiger partial charge in [-0.3, -0.25) is 0 Å². The molecule has 15 heavy (non-hydrogen) atoms. The molecule has 0 amide bonds. The Bertz CT molecular complexity index is 295. The van der Waals surface area contributed by atoms with Crippen molar-refractivity contribution >= 4 is 27.5 Å². The third kappa shape index (κ3) is 5.01. The third-order valence-corrected chi connectivity index (χ3v) is 3.46. The highest BCUT2D eigenvalue weighted by Gasteiger charge is 2.15. The van der Waals surface area contributed by atoms with Gasteiger partial charge in [-0.2, -0.15) is 0 Å². The zero-order valence-electron chi connectivity index (χ0n) is 9.19. The Morgan fingerprint density at radius 2 is 1.87 bits per heavy atom. The molecule has 0 aliphatic carbocycles. The topological polar surface area (TPSA) is 12.0 Å². The van der Waals surface area contributed by atoms with Crippen LogP contribution in [-0.4, -0.2) is 12.4 Å². The zero-order chi connectivity index (χ0) is 11.3.